The average molecular weight is 251 g/mol. The minimum Gasteiger partial charge on any atom is -0.493 e. The van der Waals surface area contributed by atoms with Crippen molar-refractivity contribution in [1.29, 1.82) is 0 Å². The number of nitrogens with zero attached hydrogens (tertiary/aromatic N) is 4. The standard InChI is InChI=1S/C11H11ClN4O/c1-2-17-11-4-3-10(12)5-9(11)6-15-16-7-13-14-8-16/h3-8H,2H2,1H3. The molecule has 0 spiro atoms. The Labute approximate surface area is 104 Å². The molecule has 0 N–H and O–H groups in total. The minimum absolute atomic E-state index is 0.592. The van der Waals surface area contributed by atoms with Gasteiger partial charge in [-0.05, 0) is 25.1 Å². The van der Waals surface area contributed by atoms with Crippen molar-refractivity contribution in [2.24, 2.45) is 5.10 Å². The lowest BCUT2D eigenvalue weighted by atomic mass is 10.2. The Morgan fingerprint density at radius 1 is 1.41 bits per heavy atom. The predicted octanol–water partition coefficient (Wildman–Crippen LogP) is 2.21. The van der Waals surface area contributed by atoms with Crippen molar-refractivity contribution in [3.8, 4) is 5.75 Å². The first kappa shape index (κ1) is 11.6. The zero-order chi connectivity index (χ0) is 12.1. The summed E-state index contributed by atoms with van der Waals surface area (Å²) in [6, 6.07) is 5.39. The Morgan fingerprint density at radius 3 is 2.88 bits per heavy atom. The molecule has 2 rings (SSSR count). The number of halogens is 1. The van der Waals surface area contributed by atoms with E-state index < -0.39 is 0 Å². The molecule has 0 amide bonds. The maximum atomic E-state index is 5.93. The van der Waals surface area contributed by atoms with Crippen molar-refractivity contribution in [1.82, 2.24) is 14.9 Å². The van der Waals surface area contributed by atoms with Crippen molar-refractivity contribution < 1.29 is 4.74 Å². The summed E-state index contributed by atoms with van der Waals surface area (Å²) >= 11 is 5.93. The number of benzene rings is 1. The van der Waals surface area contributed by atoms with Gasteiger partial charge in [-0.2, -0.15) is 5.10 Å². The summed E-state index contributed by atoms with van der Waals surface area (Å²) in [5.41, 5.74) is 0.813. The normalized spacial score (nSPS) is 10.9. The van der Waals surface area contributed by atoms with Crippen molar-refractivity contribution in [3.05, 3.63) is 41.4 Å². The van der Waals surface area contributed by atoms with E-state index in [0.29, 0.717) is 11.6 Å². The van der Waals surface area contributed by atoms with E-state index >= 15 is 0 Å². The van der Waals surface area contributed by atoms with Gasteiger partial charge in [0, 0.05) is 10.6 Å². The van der Waals surface area contributed by atoms with E-state index in [1.807, 2.05) is 13.0 Å². The second-order valence-electron chi connectivity index (χ2n) is 3.20. The smallest absolute Gasteiger partial charge is 0.141 e. The largest absolute Gasteiger partial charge is 0.493 e. The molecular formula is C11H11ClN4O. The van der Waals surface area contributed by atoms with Gasteiger partial charge >= 0.3 is 0 Å². The topological polar surface area (TPSA) is 52.3 Å². The molecule has 1 aromatic heterocycles. The van der Waals surface area contributed by atoms with Crippen LogP contribution in [0.4, 0.5) is 0 Å². The van der Waals surface area contributed by atoms with Crippen molar-refractivity contribution >= 4 is 17.8 Å². The molecule has 1 aromatic carbocycles. The lowest BCUT2D eigenvalue weighted by Crippen LogP contribution is -1.97. The minimum atomic E-state index is 0.592. The molecule has 17 heavy (non-hydrogen) atoms. The summed E-state index contributed by atoms with van der Waals surface area (Å²) in [7, 11) is 0. The van der Waals surface area contributed by atoms with E-state index in [4.69, 9.17) is 16.3 Å². The van der Waals surface area contributed by atoms with Gasteiger partial charge in [0.25, 0.3) is 0 Å². The molecule has 0 radical (unpaired) electrons. The van der Waals surface area contributed by atoms with Gasteiger partial charge < -0.3 is 4.74 Å². The van der Waals surface area contributed by atoms with Crippen LogP contribution in [0.25, 0.3) is 0 Å². The Bertz CT molecular complexity index is 510. The Kier molecular flexibility index (Phi) is 3.72. The second-order valence-corrected chi connectivity index (χ2v) is 3.64. The molecule has 2 aromatic rings. The van der Waals surface area contributed by atoms with Crippen LogP contribution in [-0.2, 0) is 0 Å². The molecule has 0 aliphatic heterocycles. The second kappa shape index (κ2) is 5.45. The molecule has 0 aliphatic rings. The monoisotopic (exact) mass is 250 g/mol. The molecule has 0 saturated heterocycles. The van der Waals surface area contributed by atoms with E-state index in [9.17, 15) is 0 Å². The number of ether oxygens (including phenoxy) is 1. The molecule has 0 saturated carbocycles. The SMILES string of the molecule is CCOc1ccc(Cl)cc1C=Nn1cnnc1. The van der Waals surface area contributed by atoms with Crippen LogP contribution in [0.15, 0.2) is 36.0 Å². The average Bonchev–Trinajstić information content (AvgIpc) is 2.82. The van der Waals surface area contributed by atoms with Crippen molar-refractivity contribution in [3.63, 3.8) is 0 Å². The highest BCUT2D eigenvalue weighted by atomic mass is 35.5. The highest BCUT2D eigenvalue weighted by Gasteiger charge is 2.01. The lowest BCUT2D eigenvalue weighted by molar-refractivity contribution is 0.340. The lowest BCUT2D eigenvalue weighted by Gasteiger charge is -2.06. The number of rotatable bonds is 4. The summed E-state index contributed by atoms with van der Waals surface area (Å²) in [6.07, 6.45) is 4.66. The van der Waals surface area contributed by atoms with Crippen LogP contribution in [0, 0.1) is 0 Å². The zero-order valence-corrected chi connectivity index (χ0v) is 10.0. The summed E-state index contributed by atoms with van der Waals surface area (Å²) in [5, 5.41) is 12.1. The molecule has 0 aliphatic carbocycles. The number of hydrogen-bond acceptors (Lipinski definition) is 4. The first-order chi connectivity index (χ1) is 8.29. The van der Waals surface area contributed by atoms with Crippen LogP contribution >= 0.6 is 11.6 Å². The van der Waals surface area contributed by atoms with E-state index in [0.717, 1.165) is 11.3 Å². The fourth-order valence-corrected chi connectivity index (χ4v) is 1.47. The van der Waals surface area contributed by atoms with E-state index in [2.05, 4.69) is 15.3 Å². The van der Waals surface area contributed by atoms with Crippen molar-refractivity contribution in [2.45, 2.75) is 6.92 Å². The maximum absolute atomic E-state index is 5.93. The first-order valence-corrected chi connectivity index (χ1v) is 5.48. The summed E-state index contributed by atoms with van der Waals surface area (Å²) in [6.45, 7) is 2.52. The molecule has 0 atom stereocenters. The predicted molar refractivity (Wildman–Crippen MR) is 65.6 cm³/mol. The van der Waals surface area contributed by atoms with E-state index in [1.165, 1.54) is 17.3 Å². The van der Waals surface area contributed by atoms with Gasteiger partial charge in [-0.1, -0.05) is 11.6 Å². The van der Waals surface area contributed by atoms with Gasteiger partial charge in [-0.15, -0.1) is 10.2 Å². The van der Waals surface area contributed by atoms with Gasteiger partial charge in [0.15, 0.2) is 0 Å². The summed E-state index contributed by atoms with van der Waals surface area (Å²) < 4.78 is 6.97. The summed E-state index contributed by atoms with van der Waals surface area (Å²) in [5.74, 6) is 0.744. The van der Waals surface area contributed by atoms with E-state index in [-0.39, 0.29) is 0 Å². The molecular weight excluding hydrogens is 240 g/mol. The third-order valence-corrected chi connectivity index (χ3v) is 2.24. The maximum Gasteiger partial charge on any atom is 0.141 e. The third-order valence-electron chi connectivity index (χ3n) is 2.01. The first-order valence-electron chi connectivity index (χ1n) is 5.11. The van der Waals surface area contributed by atoms with Gasteiger partial charge in [0.1, 0.15) is 18.4 Å². The van der Waals surface area contributed by atoms with Crippen LogP contribution in [0.2, 0.25) is 5.02 Å². The van der Waals surface area contributed by atoms with Gasteiger partial charge in [0.05, 0.1) is 12.8 Å². The van der Waals surface area contributed by atoms with Crippen LogP contribution in [0.5, 0.6) is 5.75 Å². The quantitative estimate of drug-likeness (QED) is 0.782. The van der Waals surface area contributed by atoms with E-state index in [1.54, 1.807) is 18.3 Å². The van der Waals surface area contributed by atoms with Crippen LogP contribution in [-0.4, -0.2) is 27.7 Å². The van der Waals surface area contributed by atoms with Crippen LogP contribution < -0.4 is 4.74 Å². The Balaban J connectivity index is 2.27. The molecule has 0 bridgehead atoms. The highest BCUT2D eigenvalue weighted by molar-refractivity contribution is 6.30. The molecule has 88 valence electrons. The van der Waals surface area contributed by atoms with Gasteiger partial charge in [-0.25, -0.2) is 4.68 Å². The van der Waals surface area contributed by atoms with Gasteiger partial charge in [0.2, 0.25) is 0 Å². The van der Waals surface area contributed by atoms with Crippen molar-refractivity contribution in [2.75, 3.05) is 6.61 Å². The number of aromatic nitrogens is 3. The molecule has 6 heteroatoms. The number of hydrogen-bond donors (Lipinski definition) is 0. The van der Waals surface area contributed by atoms with Crippen LogP contribution in [0.1, 0.15) is 12.5 Å². The Hall–Kier alpha value is -1.88. The van der Waals surface area contributed by atoms with Gasteiger partial charge in [-0.3, -0.25) is 0 Å². The molecule has 1 heterocycles. The zero-order valence-electron chi connectivity index (χ0n) is 9.25. The molecule has 5 nitrogen and oxygen atoms in total. The fourth-order valence-electron chi connectivity index (χ4n) is 1.29. The molecule has 0 unspecified atom stereocenters. The Morgan fingerprint density at radius 2 is 2.18 bits per heavy atom. The summed E-state index contributed by atoms with van der Waals surface area (Å²) in [4.78, 5) is 0. The third kappa shape index (κ3) is 3.04. The molecule has 0 fully saturated rings. The van der Waals surface area contributed by atoms with Crippen LogP contribution in [0.3, 0.4) is 0 Å². The fraction of sp³-hybridized carbons (Fsp3) is 0.182. The highest BCUT2D eigenvalue weighted by Crippen LogP contribution is 2.21.